The molecule has 5 nitrogen and oxygen atoms in total. The molecule has 0 fully saturated rings. The first-order valence-corrected chi connectivity index (χ1v) is 18.4. The first-order valence-electron chi connectivity index (χ1n) is 16.4. The van der Waals surface area contributed by atoms with Crippen LogP contribution in [0.1, 0.15) is 0 Å². The summed E-state index contributed by atoms with van der Waals surface area (Å²) in [5.74, 6) is 0. The summed E-state index contributed by atoms with van der Waals surface area (Å²) in [7, 11) is -3.09. The quantitative estimate of drug-likeness (QED) is 0.0862. The van der Waals surface area contributed by atoms with Crippen molar-refractivity contribution in [1.82, 2.24) is 24.1 Å². The molecule has 0 atom stereocenters. The number of fused-ring (bicyclic) bond motifs is 9. The van der Waals surface area contributed by atoms with Crippen molar-refractivity contribution in [3.63, 3.8) is 0 Å². The Morgan fingerprint density at radius 1 is 0.540 bits per heavy atom. The molecule has 6 aromatic carbocycles. The van der Waals surface area contributed by atoms with E-state index in [0.29, 0.717) is 0 Å². The van der Waals surface area contributed by atoms with Crippen LogP contribution in [0.2, 0.25) is 0 Å². The first-order chi connectivity index (χ1) is 24.3. The van der Waals surface area contributed by atoms with Gasteiger partial charge in [0.25, 0.3) is 0 Å². The summed E-state index contributed by atoms with van der Waals surface area (Å²) in [6.07, 6.45) is 1.63. The summed E-state index contributed by atoms with van der Waals surface area (Å²) in [4.78, 5) is 10.5. The van der Waals surface area contributed by atoms with Crippen molar-refractivity contribution in [3.8, 4) is 5.69 Å². The van der Waals surface area contributed by atoms with Gasteiger partial charge in [0.15, 0.2) is 8.07 Å². The van der Waals surface area contributed by atoms with Crippen molar-refractivity contribution in [1.29, 1.82) is 0 Å². The zero-order valence-electron chi connectivity index (χ0n) is 26.6. The number of hydrogen-bond donors (Lipinski definition) is 0. The molecule has 0 radical (unpaired) electrons. The SMILES string of the molecule is [Pt+2].[c-]1ccccc1-n1c2ccccc2c2ccc([Si](c3[c-]c4c(cc3)c3ccccc3n3ncnc43)(c3ccccc3)c3ccccc3)nc21. The molecule has 7 heteroatoms. The van der Waals surface area contributed by atoms with Crippen LogP contribution in [0.4, 0.5) is 0 Å². The van der Waals surface area contributed by atoms with E-state index in [0.717, 1.165) is 60.1 Å². The molecule has 4 heterocycles. The summed E-state index contributed by atoms with van der Waals surface area (Å²) >= 11 is 0. The number of pyridine rings is 2. The molecular formula is C43H27N5PtSi. The van der Waals surface area contributed by atoms with Gasteiger partial charge in [-0.2, -0.15) is 29.4 Å². The number of aromatic nitrogens is 5. The molecular weight excluding hydrogens is 810 g/mol. The van der Waals surface area contributed by atoms with Gasteiger partial charge in [-0.3, -0.25) is 9.50 Å². The van der Waals surface area contributed by atoms with Gasteiger partial charge in [-0.15, -0.1) is 29.5 Å². The van der Waals surface area contributed by atoms with Gasteiger partial charge in [-0.25, -0.2) is 4.98 Å². The summed E-state index contributed by atoms with van der Waals surface area (Å²) in [5.41, 5.74) is 4.80. The average molecular weight is 837 g/mol. The van der Waals surface area contributed by atoms with E-state index >= 15 is 0 Å². The molecule has 0 bridgehead atoms. The Morgan fingerprint density at radius 3 is 1.90 bits per heavy atom. The second-order valence-corrected chi connectivity index (χ2v) is 16.0. The number of para-hydroxylation sites is 3. The Morgan fingerprint density at radius 2 is 1.18 bits per heavy atom. The Bertz CT molecular complexity index is 2790. The van der Waals surface area contributed by atoms with Crippen molar-refractivity contribution in [2.24, 2.45) is 0 Å². The normalized spacial score (nSPS) is 11.8. The molecule has 10 aromatic rings. The van der Waals surface area contributed by atoms with E-state index in [2.05, 4.69) is 161 Å². The molecule has 0 saturated carbocycles. The van der Waals surface area contributed by atoms with Gasteiger partial charge < -0.3 is 4.57 Å². The van der Waals surface area contributed by atoms with Crippen molar-refractivity contribution in [3.05, 3.63) is 176 Å². The monoisotopic (exact) mass is 836 g/mol. The zero-order valence-corrected chi connectivity index (χ0v) is 29.9. The van der Waals surface area contributed by atoms with Gasteiger partial charge in [0, 0.05) is 16.1 Å². The van der Waals surface area contributed by atoms with E-state index in [9.17, 15) is 0 Å². The molecule has 0 aliphatic carbocycles. The topological polar surface area (TPSA) is 48.0 Å². The Hall–Kier alpha value is -5.68. The van der Waals surface area contributed by atoms with E-state index in [-0.39, 0.29) is 21.1 Å². The smallest absolute Gasteiger partial charge is 0.318 e. The summed E-state index contributed by atoms with van der Waals surface area (Å²) < 4.78 is 4.19. The van der Waals surface area contributed by atoms with Crippen LogP contribution in [0.15, 0.2) is 164 Å². The molecule has 0 unspecified atom stereocenters. The second-order valence-electron chi connectivity index (χ2n) is 12.3. The van der Waals surface area contributed by atoms with Crippen LogP contribution in [0, 0.1) is 12.1 Å². The Labute approximate surface area is 303 Å². The fraction of sp³-hybridized carbons (Fsp3) is 0. The number of rotatable bonds is 5. The van der Waals surface area contributed by atoms with Crippen LogP contribution in [-0.2, 0) is 21.1 Å². The zero-order chi connectivity index (χ0) is 32.4. The third kappa shape index (κ3) is 4.39. The van der Waals surface area contributed by atoms with Gasteiger partial charge >= 0.3 is 21.1 Å². The number of nitrogens with zero attached hydrogens (tertiary/aromatic N) is 5. The van der Waals surface area contributed by atoms with Crippen LogP contribution >= 0.6 is 0 Å². The van der Waals surface area contributed by atoms with Gasteiger partial charge in [-0.1, -0.05) is 114 Å². The predicted octanol–water partition coefficient (Wildman–Crippen LogP) is 6.50. The average Bonchev–Trinajstić information content (AvgIpc) is 3.80. The predicted molar refractivity (Wildman–Crippen MR) is 201 cm³/mol. The van der Waals surface area contributed by atoms with Crippen LogP contribution < -0.4 is 20.9 Å². The minimum Gasteiger partial charge on any atom is -0.318 e. The van der Waals surface area contributed by atoms with Crippen molar-refractivity contribution < 1.29 is 21.1 Å². The van der Waals surface area contributed by atoms with E-state index in [1.54, 1.807) is 6.33 Å². The molecule has 50 heavy (non-hydrogen) atoms. The molecule has 0 N–H and O–H groups in total. The third-order valence-electron chi connectivity index (χ3n) is 9.80. The number of hydrogen-bond acceptors (Lipinski definition) is 3. The summed E-state index contributed by atoms with van der Waals surface area (Å²) in [6.45, 7) is 0. The molecule has 0 amide bonds. The van der Waals surface area contributed by atoms with Gasteiger partial charge in [0.1, 0.15) is 12.0 Å². The maximum Gasteiger partial charge on any atom is 2.00 e. The van der Waals surface area contributed by atoms with Crippen molar-refractivity contribution in [2.45, 2.75) is 0 Å². The maximum absolute atomic E-state index is 5.72. The van der Waals surface area contributed by atoms with Crippen LogP contribution in [0.25, 0.3) is 54.9 Å². The van der Waals surface area contributed by atoms with E-state index in [4.69, 9.17) is 9.97 Å². The van der Waals surface area contributed by atoms with E-state index in [1.165, 1.54) is 15.8 Å². The standard InChI is InChI=1S/C43H27N5Si.Pt/c1-4-14-30(15-5-1)47-39-22-12-10-21-36(39)37-26-27-41(46-43(37)47)49(31-16-6-2-7-17-31,32-18-8-3-9-19-32)33-24-25-34-35-20-11-13-23-40(35)48-42(38(34)28-33)44-29-45-48;/h1-14,16-27,29H;/q-2;+2. The van der Waals surface area contributed by atoms with Crippen LogP contribution in [0.3, 0.4) is 0 Å². The first kappa shape index (κ1) is 30.4. The molecule has 238 valence electrons. The van der Waals surface area contributed by atoms with Gasteiger partial charge in [-0.05, 0) is 40.0 Å². The fourth-order valence-electron chi connectivity index (χ4n) is 7.69. The Balaban J connectivity index is 0.00000336. The Kier molecular flexibility index (Phi) is 7.31. The number of benzene rings is 6. The second kappa shape index (κ2) is 12.0. The largest absolute Gasteiger partial charge is 2.00 e. The third-order valence-corrected chi connectivity index (χ3v) is 14.3. The van der Waals surface area contributed by atoms with Gasteiger partial charge in [0.2, 0.25) is 0 Å². The minimum atomic E-state index is -3.09. The molecule has 0 aliphatic heterocycles. The van der Waals surface area contributed by atoms with E-state index in [1.807, 2.05) is 22.7 Å². The molecule has 4 aromatic heterocycles. The molecule has 0 aliphatic rings. The minimum absolute atomic E-state index is 0. The van der Waals surface area contributed by atoms with Gasteiger partial charge in [0.05, 0.1) is 16.7 Å². The van der Waals surface area contributed by atoms with Crippen LogP contribution in [0.5, 0.6) is 0 Å². The van der Waals surface area contributed by atoms with Crippen molar-refractivity contribution in [2.75, 3.05) is 0 Å². The van der Waals surface area contributed by atoms with E-state index < -0.39 is 8.07 Å². The summed E-state index contributed by atoms with van der Waals surface area (Å²) in [6, 6.07) is 63.3. The summed E-state index contributed by atoms with van der Waals surface area (Å²) in [5, 5.41) is 14.7. The maximum atomic E-state index is 5.72. The van der Waals surface area contributed by atoms with Crippen LogP contribution in [-0.4, -0.2) is 32.2 Å². The molecule has 0 saturated heterocycles. The molecule has 0 spiro atoms. The molecule has 10 rings (SSSR count). The van der Waals surface area contributed by atoms with Crippen molar-refractivity contribution >= 4 is 78.2 Å². The fourth-order valence-corrected chi connectivity index (χ4v) is 12.2.